The molecule has 2 aromatic rings. The molecule has 1 fully saturated rings. The molecule has 0 radical (unpaired) electrons. The normalized spacial score (nSPS) is 28.9. The summed E-state index contributed by atoms with van der Waals surface area (Å²) in [5, 5.41) is 20.6. The van der Waals surface area contributed by atoms with Gasteiger partial charge >= 0.3 is 0 Å². The highest BCUT2D eigenvalue weighted by atomic mass is 79.9. The van der Waals surface area contributed by atoms with Gasteiger partial charge < -0.3 is 10.2 Å². The molecule has 1 saturated carbocycles. The van der Waals surface area contributed by atoms with Crippen LogP contribution in [0.4, 0.5) is 0 Å². The highest BCUT2D eigenvalue weighted by Gasteiger charge is 2.43. The number of hydrogen-bond donors (Lipinski definition) is 2. The molecular formula is C21H23BrO2. The largest absolute Gasteiger partial charge is 0.508 e. The molecule has 4 rings (SSSR count). The third kappa shape index (κ3) is 2.63. The lowest BCUT2D eigenvalue weighted by atomic mass is 9.58. The van der Waals surface area contributed by atoms with Crippen LogP contribution in [0.15, 0.2) is 42.5 Å². The Morgan fingerprint density at radius 2 is 1.58 bits per heavy atom. The van der Waals surface area contributed by atoms with E-state index in [9.17, 15) is 10.2 Å². The number of phenolic OH excluding ortho intramolecular Hbond substituents is 2. The third-order valence-electron chi connectivity index (χ3n) is 6.03. The number of aromatic hydroxyl groups is 2. The predicted molar refractivity (Wildman–Crippen MR) is 100 cm³/mol. The second-order valence-corrected chi connectivity index (χ2v) is 7.89. The van der Waals surface area contributed by atoms with E-state index < -0.39 is 0 Å². The van der Waals surface area contributed by atoms with Gasteiger partial charge in [-0.25, -0.2) is 0 Å². The van der Waals surface area contributed by atoms with Gasteiger partial charge in [0.15, 0.2) is 0 Å². The monoisotopic (exact) mass is 386 g/mol. The molecule has 0 saturated heterocycles. The molecule has 2 nitrogen and oxygen atoms in total. The van der Waals surface area contributed by atoms with E-state index in [-0.39, 0.29) is 0 Å². The first-order chi connectivity index (χ1) is 11.7. The van der Waals surface area contributed by atoms with Gasteiger partial charge in [0.2, 0.25) is 0 Å². The molecule has 0 aliphatic heterocycles. The lowest BCUT2D eigenvalue weighted by Crippen LogP contribution is -2.34. The molecule has 2 N–H and O–H groups in total. The molecule has 0 aromatic heterocycles. The van der Waals surface area contributed by atoms with Gasteiger partial charge in [0, 0.05) is 11.2 Å². The molecular weight excluding hydrogens is 364 g/mol. The number of rotatable bonds is 2. The van der Waals surface area contributed by atoms with Crippen molar-refractivity contribution in [2.45, 2.75) is 43.4 Å². The highest BCUT2D eigenvalue weighted by Crippen LogP contribution is 2.57. The van der Waals surface area contributed by atoms with Crippen LogP contribution in [0.3, 0.4) is 0 Å². The van der Waals surface area contributed by atoms with Crippen LogP contribution in [0, 0.1) is 5.92 Å². The maximum Gasteiger partial charge on any atom is 0.115 e. The Labute approximate surface area is 151 Å². The maximum absolute atomic E-state index is 10.0. The van der Waals surface area contributed by atoms with Crippen molar-refractivity contribution < 1.29 is 10.2 Å². The standard InChI is InChI=1S/C21H23BrO2/c22-12-20-17-10-9-15(24)11-19(17)16-3-1-2-4-18(16)21(20)13-5-7-14(23)8-6-13/h5-11,16,18,20-21,23-24H,1-4,12H2/t16-,18+,20-,21+/m1/s1. The van der Waals surface area contributed by atoms with Crippen molar-refractivity contribution in [3.63, 3.8) is 0 Å². The van der Waals surface area contributed by atoms with Gasteiger partial charge in [-0.2, -0.15) is 0 Å². The Bertz CT molecular complexity index is 725. The number of benzene rings is 2. The number of phenols is 2. The molecule has 24 heavy (non-hydrogen) atoms. The minimum atomic E-state index is 0.329. The van der Waals surface area contributed by atoms with E-state index in [1.54, 1.807) is 0 Å². The van der Waals surface area contributed by atoms with E-state index in [2.05, 4.69) is 34.1 Å². The topological polar surface area (TPSA) is 40.5 Å². The second-order valence-electron chi connectivity index (χ2n) is 7.25. The number of halogens is 1. The zero-order chi connectivity index (χ0) is 16.7. The molecule has 2 aliphatic carbocycles. The maximum atomic E-state index is 10.0. The molecule has 0 amide bonds. The van der Waals surface area contributed by atoms with E-state index in [4.69, 9.17) is 0 Å². The summed E-state index contributed by atoms with van der Waals surface area (Å²) in [5.41, 5.74) is 4.07. The van der Waals surface area contributed by atoms with Crippen molar-refractivity contribution in [1.29, 1.82) is 0 Å². The van der Waals surface area contributed by atoms with Crippen molar-refractivity contribution in [3.8, 4) is 11.5 Å². The molecule has 2 aliphatic rings. The molecule has 4 atom stereocenters. The number of fused-ring (bicyclic) bond motifs is 3. The van der Waals surface area contributed by atoms with Crippen LogP contribution in [0.5, 0.6) is 11.5 Å². The molecule has 0 spiro atoms. The fraction of sp³-hybridized carbons (Fsp3) is 0.429. The summed E-state index contributed by atoms with van der Waals surface area (Å²) in [6, 6.07) is 13.7. The predicted octanol–water partition coefficient (Wildman–Crippen LogP) is 5.65. The fourth-order valence-electron chi connectivity index (χ4n) is 5.04. The van der Waals surface area contributed by atoms with Crippen LogP contribution in [0.25, 0.3) is 0 Å². The summed E-state index contributed by atoms with van der Waals surface area (Å²) < 4.78 is 0. The van der Waals surface area contributed by atoms with Gasteiger partial charge in [-0.15, -0.1) is 0 Å². The van der Waals surface area contributed by atoms with Gasteiger partial charge in [0.1, 0.15) is 11.5 Å². The molecule has 126 valence electrons. The van der Waals surface area contributed by atoms with Crippen LogP contribution in [-0.4, -0.2) is 15.5 Å². The quantitative estimate of drug-likeness (QED) is 0.654. The Morgan fingerprint density at radius 1 is 0.875 bits per heavy atom. The first-order valence-electron chi connectivity index (χ1n) is 8.86. The zero-order valence-corrected chi connectivity index (χ0v) is 15.2. The lowest BCUT2D eigenvalue weighted by Gasteiger charge is -2.47. The summed E-state index contributed by atoms with van der Waals surface area (Å²) in [5.74, 6) is 2.73. The van der Waals surface area contributed by atoms with E-state index in [1.807, 2.05) is 24.3 Å². The summed E-state index contributed by atoms with van der Waals surface area (Å²) >= 11 is 3.76. The Morgan fingerprint density at radius 3 is 2.33 bits per heavy atom. The van der Waals surface area contributed by atoms with Gasteiger partial charge in [-0.1, -0.05) is 47.0 Å². The number of alkyl halides is 1. The van der Waals surface area contributed by atoms with Crippen LogP contribution >= 0.6 is 15.9 Å². The second kappa shape index (κ2) is 6.44. The Balaban J connectivity index is 1.85. The smallest absolute Gasteiger partial charge is 0.115 e. The minimum Gasteiger partial charge on any atom is -0.508 e. The van der Waals surface area contributed by atoms with E-state index in [0.29, 0.717) is 35.2 Å². The molecule has 0 heterocycles. The van der Waals surface area contributed by atoms with E-state index in [1.165, 1.54) is 42.4 Å². The van der Waals surface area contributed by atoms with Crippen molar-refractivity contribution in [2.24, 2.45) is 5.92 Å². The van der Waals surface area contributed by atoms with Gasteiger partial charge in [-0.3, -0.25) is 0 Å². The van der Waals surface area contributed by atoms with E-state index >= 15 is 0 Å². The average molecular weight is 387 g/mol. The summed E-state index contributed by atoms with van der Waals surface area (Å²) in [7, 11) is 0. The Kier molecular flexibility index (Phi) is 4.29. The van der Waals surface area contributed by atoms with Crippen molar-refractivity contribution in [2.75, 3.05) is 5.33 Å². The van der Waals surface area contributed by atoms with Gasteiger partial charge in [0.05, 0.1) is 0 Å². The average Bonchev–Trinajstić information content (AvgIpc) is 2.61. The van der Waals surface area contributed by atoms with Crippen LogP contribution < -0.4 is 0 Å². The van der Waals surface area contributed by atoms with E-state index in [0.717, 1.165) is 5.33 Å². The zero-order valence-electron chi connectivity index (χ0n) is 13.7. The summed E-state index contributed by atoms with van der Waals surface area (Å²) in [4.78, 5) is 0. The van der Waals surface area contributed by atoms with Crippen molar-refractivity contribution >= 4 is 15.9 Å². The minimum absolute atomic E-state index is 0.329. The van der Waals surface area contributed by atoms with Gasteiger partial charge in [-0.05, 0) is 71.6 Å². The molecule has 3 heteroatoms. The fourth-order valence-corrected chi connectivity index (χ4v) is 5.79. The van der Waals surface area contributed by atoms with Gasteiger partial charge in [0.25, 0.3) is 0 Å². The Hall–Kier alpha value is -1.48. The lowest BCUT2D eigenvalue weighted by molar-refractivity contribution is 0.224. The molecule has 2 aromatic carbocycles. The van der Waals surface area contributed by atoms with Crippen LogP contribution in [0.2, 0.25) is 0 Å². The van der Waals surface area contributed by atoms with Crippen LogP contribution in [-0.2, 0) is 0 Å². The highest BCUT2D eigenvalue weighted by molar-refractivity contribution is 9.09. The summed E-state index contributed by atoms with van der Waals surface area (Å²) in [6.45, 7) is 0. The first kappa shape index (κ1) is 16.0. The molecule has 0 unspecified atom stereocenters. The van der Waals surface area contributed by atoms with Crippen molar-refractivity contribution in [1.82, 2.24) is 0 Å². The number of hydrogen-bond acceptors (Lipinski definition) is 2. The summed E-state index contributed by atoms with van der Waals surface area (Å²) in [6.07, 6.45) is 5.02. The first-order valence-corrected chi connectivity index (χ1v) is 9.99. The molecule has 0 bridgehead atoms. The third-order valence-corrected chi connectivity index (χ3v) is 6.73. The van der Waals surface area contributed by atoms with Crippen LogP contribution in [0.1, 0.15) is 60.1 Å². The SMILES string of the molecule is Oc1ccc([C@H]2[C@H]3CCCC[C@H]3c3cc(O)ccc3[C@H]2CBr)cc1. The van der Waals surface area contributed by atoms with Crippen molar-refractivity contribution in [3.05, 3.63) is 59.2 Å².